The molecule has 21 heteroatoms. The highest BCUT2D eigenvalue weighted by Gasteiger charge is 2.58. The number of carbonyl (C=O) groups is 1. The summed E-state index contributed by atoms with van der Waals surface area (Å²) in [6.07, 6.45) is -6.62. The molecule has 25 atom stereocenters. The van der Waals surface area contributed by atoms with Gasteiger partial charge in [-0.15, -0.1) is 0 Å². The van der Waals surface area contributed by atoms with Crippen molar-refractivity contribution in [2.24, 2.45) is 17.8 Å². The molecule has 80 heavy (non-hydrogen) atoms. The van der Waals surface area contributed by atoms with Gasteiger partial charge in [0, 0.05) is 84.6 Å². The quantitative estimate of drug-likeness (QED) is 0.106. The first-order chi connectivity index (χ1) is 37.6. The van der Waals surface area contributed by atoms with E-state index in [0.29, 0.717) is 12.0 Å². The lowest BCUT2D eigenvalue weighted by molar-refractivity contribution is -0.366. The van der Waals surface area contributed by atoms with E-state index in [1.54, 1.807) is 40.7 Å². The molecule has 4 saturated heterocycles. The van der Waals surface area contributed by atoms with Crippen LogP contribution in [0.25, 0.3) is 0 Å². The van der Waals surface area contributed by atoms with E-state index in [0.717, 1.165) is 11.1 Å². The van der Waals surface area contributed by atoms with Gasteiger partial charge in [0.25, 0.3) is 0 Å². The second-order valence-electron chi connectivity index (χ2n) is 23.2. The van der Waals surface area contributed by atoms with Crippen molar-refractivity contribution in [3.05, 3.63) is 58.7 Å². The normalized spacial score (nSPS) is 46.2. The van der Waals surface area contributed by atoms with Gasteiger partial charge in [-0.1, -0.05) is 67.9 Å². The highest BCUT2D eigenvalue weighted by atomic mass is 16.7. The smallest absolute Gasteiger partial charge is 0.334 e. The number of cyclic esters (lactones) is 1. The van der Waals surface area contributed by atoms with Crippen LogP contribution in [0.5, 0.6) is 0 Å². The molecule has 0 saturated carbocycles. The molecule has 5 rings (SSSR count). The monoisotopic (exact) mass is 1140 g/mol. The first-order valence-corrected chi connectivity index (χ1v) is 28.3. The Morgan fingerprint density at radius 1 is 0.738 bits per heavy atom. The number of methoxy groups -OCH3 is 5. The summed E-state index contributed by atoms with van der Waals surface area (Å²) in [4.78, 5) is 14.2. The number of rotatable bonds is 16. The van der Waals surface area contributed by atoms with Gasteiger partial charge in [0.2, 0.25) is 5.79 Å². The molecule has 0 radical (unpaired) electrons. The fourth-order valence-corrected chi connectivity index (χ4v) is 11.9. The molecule has 5 aliphatic rings. The fraction of sp³-hybridized carbons (Fsp3) is 0.814. The molecule has 4 fully saturated rings. The molecular weight excluding hydrogens is 1040 g/mol. The van der Waals surface area contributed by atoms with E-state index in [9.17, 15) is 40.5 Å². The van der Waals surface area contributed by atoms with Crippen molar-refractivity contribution in [2.75, 3.05) is 42.2 Å². The van der Waals surface area contributed by atoms with Gasteiger partial charge in [-0.05, 0) is 74.3 Å². The molecule has 7 N–H and O–H groups in total. The lowest BCUT2D eigenvalue weighted by Crippen LogP contribution is -2.66. The predicted molar refractivity (Wildman–Crippen MR) is 292 cm³/mol. The van der Waals surface area contributed by atoms with Crippen LogP contribution in [-0.4, -0.2) is 218 Å². The van der Waals surface area contributed by atoms with Gasteiger partial charge < -0.3 is 97.3 Å². The highest BCUT2D eigenvalue weighted by molar-refractivity contribution is 5.88. The topological polar surface area (TPSA) is 279 Å². The maximum Gasteiger partial charge on any atom is 0.334 e. The summed E-state index contributed by atoms with van der Waals surface area (Å²) in [6, 6.07) is 0. The molecule has 0 aromatic rings. The number of carbonyl (C=O) groups excluding carboxylic acids is 1. The third-order valence-electron chi connectivity index (χ3n) is 16.6. The number of esters is 1. The summed E-state index contributed by atoms with van der Waals surface area (Å²) in [6.45, 7) is 19.4. The summed E-state index contributed by atoms with van der Waals surface area (Å²) in [5.74, 6) is -5.38. The van der Waals surface area contributed by atoms with Crippen LogP contribution in [0.15, 0.2) is 58.7 Å². The Morgan fingerprint density at radius 2 is 1.40 bits per heavy atom. The van der Waals surface area contributed by atoms with Gasteiger partial charge in [0.1, 0.15) is 42.7 Å². The van der Waals surface area contributed by atoms with E-state index in [2.05, 4.69) is 0 Å². The zero-order chi connectivity index (χ0) is 59.6. The third kappa shape index (κ3) is 17.3. The van der Waals surface area contributed by atoms with Crippen LogP contribution in [0, 0.1) is 17.8 Å². The minimum absolute atomic E-state index is 0.0113. The first-order valence-electron chi connectivity index (χ1n) is 28.3. The molecule has 0 aromatic heterocycles. The number of allylic oxidation sites excluding steroid dienone is 7. The fourth-order valence-electron chi connectivity index (χ4n) is 11.9. The largest absolute Gasteiger partial charge is 0.456 e. The van der Waals surface area contributed by atoms with E-state index in [1.165, 1.54) is 42.5 Å². The van der Waals surface area contributed by atoms with Gasteiger partial charge in [0.05, 0.1) is 73.2 Å². The van der Waals surface area contributed by atoms with Gasteiger partial charge >= 0.3 is 5.97 Å². The van der Waals surface area contributed by atoms with Crippen LogP contribution in [-0.2, 0) is 66.4 Å². The van der Waals surface area contributed by atoms with Gasteiger partial charge in [-0.25, -0.2) is 4.79 Å². The summed E-state index contributed by atoms with van der Waals surface area (Å²) < 4.78 is 78.2. The van der Waals surface area contributed by atoms with E-state index in [-0.39, 0.29) is 50.2 Å². The molecule has 5 heterocycles. The molecule has 0 amide bonds. The van der Waals surface area contributed by atoms with Crippen molar-refractivity contribution < 1.29 is 102 Å². The molecule has 0 aliphatic carbocycles. The third-order valence-corrected chi connectivity index (χ3v) is 16.6. The summed E-state index contributed by atoms with van der Waals surface area (Å²) in [5.41, 5.74) is 1.07. The Morgan fingerprint density at radius 3 is 2.02 bits per heavy atom. The predicted octanol–water partition coefficient (Wildman–Crippen LogP) is 4.24. The highest BCUT2D eigenvalue weighted by Crippen LogP contribution is 2.43. The van der Waals surface area contributed by atoms with Crippen molar-refractivity contribution >= 4 is 5.97 Å². The number of hydrogen-bond donors (Lipinski definition) is 7. The van der Waals surface area contributed by atoms with Crippen molar-refractivity contribution in [1.29, 1.82) is 0 Å². The second kappa shape index (κ2) is 30.5. The SMILES string of the molecule is COC[C@@H](C[C@H]1O[C@@](O)([C@H](O)[C@@H]2C[C@H](OC)[C@@H](O)CC/C=C(C)/C=C/[C@@H](O[C@@H]3O[C@@H](C)[C@H](OC)[C@@H](OC)[C@@H]3O)[C@H](C)/C=C(C)/C=C(C)/C=C(\C)C(=O)O2)[C@H](C)[C@@H](O)[C@H]1C)O[C@H]1C[C@](C)(O)[C@@H](O[C@H]2C[C@@H](OC)[C@H](O)[C@@H](C)O2)[C@H](C)O1. The van der Waals surface area contributed by atoms with Crippen LogP contribution in [0.2, 0.25) is 0 Å². The van der Waals surface area contributed by atoms with Crippen LogP contribution in [0.4, 0.5) is 0 Å². The molecule has 21 nitrogen and oxygen atoms in total. The maximum atomic E-state index is 14.2. The number of aliphatic hydroxyl groups excluding tert-OH is 5. The zero-order valence-corrected chi connectivity index (χ0v) is 50.0. The molecule has 0 bridgehead atoms. The average molecular weight is 1140 g/mol. The molecule has 0 spiro atoms. The van der Waals surface area contributed by atoms with Crippen LogP contribution < -0.4 is 0 Å². The van der Waals surface area contributed by atoms with Gasteiger partial charge in [0.15, 0.2) is 18.9 Å². The Balaban J connectivity index is 1.38. The van der Waals surface area contributed by atoms with Crippen LogP contribution in [0.3, 0.4) is 0 Å². The van der Waals surface area contributed by atoms with E-state index < -0.39 is 152 Å². The van der Waals surface area contributed by atoms with Crippen molar-refractivity contribution in [3.8, 4) is 0 Å². The molecule has 5 aliphatic heterocycles. The molecule has 0 aromatic carbocycles. The average Bonchev–Trinajstić information content (AvgIpc) is 3.40. The Labute approximate surface area is 474 Å². The summed E-state index contributed by atoms with van der Waals surface area (Å²) in [7, 11) is 7.42. The Bertz CT molecular complexity index is 2100. The minimum Gasteiger partial charge on any atom is -0.456 e. The number of hydrogen-bond acceptors (Lipinski definition) is 21. The van der Waals surface area contributed by atoms with E-state index >= 15 is 0 Å². The van der Waals surface area contributed by atoms with Gasteiger partial charge in [-0.3, -0.25) is 0 Å². The Kier molecular flexibility index (Phi) is 26.0. The van der Waals surface area contributed by atoms with E-state index in [4.69, 9.17) is 61.6 Å². The lowest BCUT2D eigenvalue weighted by Gasteiger charge is -2.51. The zero-order valence-electron chi connectivity index (χ0n) is 50.0. The van der Waals surface area contributed by atoms with E-state index in [1.807, 2.05) is 65.0 Å². The maximum absolute atomic E-state index is 14.2. The lowest BCUT2D eigenvalue weighted by atomic mass is 9.76. The van der Waals surface area contributed by atoms with Crippen LogP contribution in [0.1, 0.15) is 115 Å². The molecular formula is C59H98O21. The van der Waals surface area contributed by atoms with Gasteiger partial charge in [-0.2, -0.15) is 0 Å². The number of ether oxygens (including phenoxy) is 13. The summed E-state index contributed by atoms with van der Waals surface area (Å²) in [5, 5.41) is 82.2. The second-order valence-corrected chi connectivity index (χ2v) is 23.2. The summed E-state index contributed by atoms with van der Waals surface area (Å²) >= 11 is 0. The molecule has 460 valence electrons. The first kappa shape index (κ1) is 68.2. The van der Waals surface area contributed by atoms with Crippen molar-refractivity contribution in [2.45, 2.75) is 249 Å². The van der Waals surface area contributed by atoms with Crippen LogP contribution >= 0.6 is 0 Å². The minimum atomic E-state index is -2.53. The standard InChI is InChI=1S/C59H98O21/c1-30-18-17-19-41(60)44(69-13)26-46(77-56(65)34(5)24-32(3)22-31(2)23-33(4)42(21-20-30)78-57-51(63)53(72-16)52(71-15)38(9)75-57)54(64)59(67)36(7)49(61)35(6)43(80-59)25-40(29-68-12)76-48-28-58(11,66)55(39(10)74-48)79-47-27-45(70-14)50(62)37(8)73-47/h18,20-24,33,35-55,57,60-64,66-67H,17,19,25-29H2,1-16H3/b21-20+,30-18+,31-23+,32-22+,34-24+/t33-,35+,36-,37-,38+,39+,40-,41+,42-,43-,44+,45-,46+,47+,48+,49+,50-,51+,52+,53+,54-,55+,57+,58+,59-/m1/s1. The number of aliphatic hydroxyl groups is 7. The Hall–Kier alpha value is -2.59. The molecule has 0 unspecified atom stereocenters. The van der Waals surface area contributed by atoms with Crippen molar-refractivity contribution in [3.63, 3.8) is 0 Å². The van der Waals surface area contributed by atoms with Crippen molar-refractivity contribution in [1.82, 2.24) is 0 Å².